The van der Waals surface area contributed by atoms with Crippen LogP contribution in [0.2, 0.25) is 0 Å². The smallest absolute Gasteiger partial charge is 0.318 e. The van der Waals surface area contributed by atoms with E-state index in [0.29, 0.717) is 38.3 Å². The van der Waals surface area contributed by atoms with Gasteiger partial charge in [-0.1, -0.05) is 6.58 Å². The number of amides is 1. The zero-order valence-electron chi connectivity index (χ0n) is 24.8. The molecule has 6 rings (SSSR count). The normalized spacial score (nSPS) is 22.6. The summed E-state index contributed by atoms with van der Waals surface area (Å²) >= 11 is 0. The van der Waals surface area contributed by atoms with Gasteiger partial charge in [0.15, 0.2) is 0 Å². The molecule has 4 aliphatic rings. The molecular formula is C32H42N8O2. The number of hydrogen-bond donors (Lipinski definition) is 0. The molecule has 2 aromatic rings. The second kappa shape index (κ2) is 12.7. The number of likely N-dealkylation sites (N-methyl/N-ethyl adjacent to an activating group) is 1. The van der Waals surface area contributed by atoms with E-state index in [1.165, 1.54) is 36.5 Å². The number of ether oxygens (including phenoxy) is 1. The summed E-state index contributed by atoms with van der Waals surface area (Å²) in [5.74, 6) is 1.88. The zero-order valence-corrected chi connectivity index (χ0v) is 24.8. The molecule has 10 nitrogen and oxygen atoms in total. The van der Waals surface area contributed by atoms with Crippen molar-refractivity contribution < 1.29 is 9.53 Å². The topological polar surface area (TPSA) is 102 Å². The molecule has 10 heteroatoms. The summed E-state index contributed by atoms with van der Waals surface area (Å²) in [4.78, 5) is 36.2. The Bertz CT molecular complexity index is 1360. The lowest BCUT2D eigenvalue weighted by Crippen LogP contribution is -2.55. The maximum atomic E-state index is 12.6. The maximum absolute atomic E-state index is 12.6. The predicted octanol–water partition coefficient (Wildman–Crippen LogP) is 2.95. The number of aryl methyl sites for hydroxylation is 1. The Morgan fingerprint density at radius 1 is 1.02 bits per heavy atom. The zero-order chi connectivity index (χ0) is 29.1. The van der Waals surface area contributed by atoms with E-state index in [9.17, 15) is 10.1 Å². The van der Waals surface area contributed by atoms with Crippen molar-refractivity contribution in [3.8, 4) is 12.1 Å². The third kappa shape index (κ3) is 5.80. The van der Waals surface area contributed by atoms with Gasteiger partial charge in [0.1, 0.15) is 18.2 Å². The first-order valence-corrected chi connectivity index (χ1v) is 15.5. The quantitative estimate of drug-likeness (QED) is 0.465. The van der Waals surface area contributed by atoms with Gasteiger partial charge in [0.25, 0.3) is 0 Å². The number of pyridine rings is 1. The fourth-order valence-electron chi connectivity index (χ4n) is 7.11. The number of likely N-dealkylation sites (tertiary alicyclic amines) is 1. The number of carbonyl (C=O) groups is 1. The van der Waals surface area contributed by atoms with Gasteiger partial charge in [-0.15, -0.1) is 0 Å². The first-order valence-electron chi connectivity index (χ1n) is 15.5. The van der Waals surface area contributed by atoms with Gasteiger partial charge in [0, 0.05) is 56.9 Å². The molecule has 0 saturated carbocycles. The highest BCUT2D eigenvalue weighted by molar-refractivity contribution is 5.87. The van der Waals surface area contributed by atoms with Crippen LogP contribution >= 0.6 is 0 Å². The van der Waals surface area contributed by atoms with E-state index in [1.807, 2.05) is 6.20 Å². The van der Waals surface area contributed by atoms with Crippen molar-refractivity contribution in [1.82, 2.24) is 24.8 Å². The minimum atomic E-state index is -0.223. The highest BCUT2D eigenvalue weighted by Crippen LogP contribution is 2.33. The predicted molar refractivity (Wildman–Crippen MR) is 162 cm³/mol. The van der Waals surface area contributed by atoms with Crippen molar-refractivity contribution in [2.75, 3.05) is 62.7 Å². The third-order valence-corrected chi connectivity index (χ3v) is 9.50. The molecule has 0 unspecified atom stereocenters. The highest BCUT2D eigenvalue weighted by Gasteiger charge is 2.33. The first-order chi connectivity index (χ1) is 20.6. The van der Waals surface area contributed by atoms with Crippen molar-refractivity contribution in [2.45, 2.75) is 69.9 Å². The second-order valence-corrected chi connectivity index (χ2v) is 12.0. The number of piperazine rings is 1. The molecule has 1 amide bonds. The molecule has 5 heterocycles. The van der Waals surface area contributed by atoms with Gasteiger partial charge in [0.2, 0.25) is 5.91 Å². The minimum absolute atomic E-state index is 0.129. The molecule has 42 heavy (non-hydrogen) atoms. The standard InChI is InChI=1S/C32H42N8O2/c1-3-29(41)40-20-19-39(21-24(40)10-14-33)31-27-12-17-38(30-26-9-5-4-7-23(26)11-15-34-30)18-13-28(27)35-32(36-31)42-22-25-8-6-16-37(25)2/h3,11,15,24-25H,1,4-10,12-13,16-22H2,2H3/t24-,25-/m0/s1. The Labute approximate surface area is 249 Å². The monoisotopic (exact) mass is 570 g/mol. The number of aromatic nitrogens is 3. The molecule has 222 valence electrons. The van der Waals surface area contributed by atoms with Crippen LogP contribution in [0.4, 0.5) is 11.6 Å². The molecule has 1 aliphatic carbocycles. The number of hydrogen-bond acceptors (Lipinski definition) is 9. The van der Waals surface area contributed by atoms with Crippen LogP contribution in [0.5, 0.6) is 6.01 Å². The summed E-state index contributed by atoms with van der Waals surface area (Å²) in [6.07, 6.45) is 12.2. The van der Waals surface area contributed by atoms with E-state index >= 15 is 0 Å². The van der Waals surface area contributed by atoms with Gasteiger partial charge in [-0.05, 0) is 81.8 Å². The first kappa shape index (κ1) is 28.4. The Hall–Kier alpha value is -3.71. The van der Waals surface area contributed by atoms with Crippen LogP contribution in [0.25, 0.3) is 0 Å². The number of fused-ring (bicyclic) bond motifs is 2. The lowest BCUT2D eigenvalue weighted by atomic mass is 9.92. The average Bonchev–Trinajstić information content (AvgIpc) is 3.31. The van der Waals surface area contributed by atoms with E-state index in [2.05, 4.69) is 40.5 Å². The summed E-state index contributed by atoms with van der Waals surface area (Å²) in [6, 6.07) is 5.04. The molecule has 0 aromatic carbocycles. The molecule has 0 radical (unpaired) electrons. The fraction of sp³-hybridized carbons (Fsp3) is 0.594. The summed E-state index contributed by atoms with van der Waals surface area (Å²) in [5.41, 5.74) is 5.03. The number of anilines is 2. The molecule has 2 saturated heterocycles. The lowest BCUT2D eigenvalue weighted by Gasteiger charge is -2.41. The van der Waals surface area contributed by atoms with Gasteiger partial charge >= 0.3 is 6.01 Å². The molecule has 0 spiro atoms. The third-order valence-electron chi connectivity index (χ3n) is 9.50. The summed E-state index contributed by atoms with van der Waals surface area (Å²) in [5, 5.41) is 9.54. The Morgan fingerprint density at radius 3 is 2.69 bits per heavy atom. The van der Waals surface area contributed by atoms with E-state index in [4.69, 9.17) is 19.7 Å². The van der Waals surface area contributed by atoms with Crippen molar-refractivity contribution >= 4 is 17.5 Å². The van der Waals surface area contributed by atoms with Crippen LogP contribution in [-0.4, -0.2) is 95.7 Å². The molecule has 2 atom stereocenters. The minimum Gasteiger partial charge on any atom is -0.462 e. The van der Waals surface area contributed by atoms with E-state index in [1.54, 1.807) is 4.90 Å². The molecule has 2 fully saturated rings. The van der Waals surface area contributed by atoms with E-state index in [0.717, 1.165) is 74.6 Å². The SMILES string of the molecule is C=CC(=O)N1CCN(c2nc(OC[C@@H]3CCCN3C)nc3c2CCN(c2nccc4c2CCCC4)CC3)C[C@@H]1CC#N. The van der Waals surface area contributed by atoms with Crippen LogP contribution in [0, 0.1) is 11.3 Å². The van der Waals surface area contributed by atoms with Gasteiger partial charge in [-0.25, -0.2) is 4.98 Å². The summed E-state index contributed by atoms with van der Waals surface area (Å²) < 4.78 is 6.29. The highest BCUT2D eigenvalue weighted by atomic mass is 16.5. The largest absolute Gasteiger partial charge is 0.462 e. The fourth-order valence-corrected chi connectivity index (χ4v) is 7.11. The van der Waals surface area contributed by atoms with Crippen LogP contribution in [-0.2, 0) is 30.5 Å². The van der Waals surface area contributed by atoms with Gasteiger partial charge in [-0.2, -0.15) is 15.2 Å². The molecule has 3 aliphatic heterocycles. The van der Waals surface area contributed by atoms with Gasteiger partial charge in [0.05, 0.1) is 24.2 Å². The van der Waals surface area contributed by atoms with Crippen LogP contribution in [0.3, 0.4) is 0 Å². The number of carbonyl (C=O) groups excluding carboxylic acids is 1. The maximum Gasteiger partial charge on any atom is 0.318 e. The Morgan fingerprint density at radius 2 is 1.88 bits per heavy atom. The van der Waals surface area contributed by atoms with Crippen molar-refractivity contribution in [2.24, 2.45) is 0 Å². The molecule has 0 bridgehead atoms. The van der Waals surface area contributed by atoms with Gasteiger partial charge < -0.3 is 24.3 Å². The van der Waals surface area contributed by atoms with Crippen molar-refractivity contribution in [3.05, 3.63) is 47.3 Å². The number of nitriles is 1. The van der Waals surface area contributed by atoms with E-state index in [-0.39, 0.29) is 18.4 Å². The summed E-state index contributed by atoms with van der Waals surface area (Å²) in [6.45, 7) is 8.70. The Balaban J connectivity index is 1.29. The second-order valence-electron chi connectivity index (χ2n) is 12.0. The van der Waals surface area contributed by atoms with Crippen LogP contribution in [0.1, 0.15) is 54.5 Å². The van der Waals surface area contributed by atoms with Crippen molar-refractivity contribution in [1.29, 1.82) is 5.26 Å². The van der Waals surface area contributed by atoms with E-state index < -0.39 is 0 Å². The van der Waals surface area contributed by atoms with Crippen LogP contribution in [0.15, 0.2) is 24.9 Å². The van der Waals surface area contributed by atoms with Crippen LogP contribution < -0.4 is 14.5 Å². The average molecular weight is 571 g/mol. The molecule has 0 N–H and O–H groups in total. The number of nitrogens with zero attached hydrogens (tertiary/aromatic N) is 8. The Kier molecular flexibility index (Phi) is 8.56. The lowest BCUT2D eigenvalue weighted by molar-refractivity contribution is -0.128. The van der Waals surface area contributed by atoms with Gasteiger partial charge in [-0.3, -0.25) is 4.79 Å². The summed E-state index contributed by atoms with van der Waals surface area (Å²) in [7, 11) is 2.15. The van der Waals surface area contributed by atoms with Crippen molar-refractivity contribution in [3.63, 3.8) is 0 Å². The number of rotatable bonds is 7. The molecule has 2 aromatic heterocycles. The molecular weight excluding hydrogens is 528 g/mol.